The molecule has 3 heteroatoms. The Labute approximate surface area is 84.7 Å². The summed E-state index contributed by atoms with van der Waals surface area (Å²) >= 11 is 0. The molecule has 0 radical (unpaired) electrons. The Morgan fingerprint density at radius 1 is 1.43 bits per heavy atom. The van der Waals surface area contributed by atoms with E-state index < -0.39 is 0 Å². The number of carbonyl (C=O) groups excluding carboxylic acids is 1. The third-order valence-corrected chi connectivity index (χ3v) is 2.28. The van der Waals surface area contributed by atoms with E-state index in [1.807, 2.05) is 30.9 Å². The minimum absolute atomic E-state index is 0.200. The molecule has 0 aliphatic carbocycles. The quantitative estimate of drug-likeness (QED) is 0.720. The Morgan fingerprint density at radius 2 is 2.14 bits per heavy atom. The van der Waals surface area contributed by atoms with Crippen molar-refractivity contribution in [1.82, 2.24) is 4.90 Å². The average molecular weight is 195 g/mol. The van der Waals surface area contributed by atoms with Crippen molar-refractivity contribution in [3.8, 4) is 0 Å². The second-order valence-electron chi connectivity index (χ2n) is 3.15. The van der Waals surface area contributed by atoms with E-state index in [4.69, 9.17) is 4.42 Å². The number of amides is 1. The highest BCUT2D eigenvalue weighted by atomic mass is 16.3. The molecule has 3 nitrogen and oxygen atoms in total. The topological polar surface area (TPSA) is 33.5 Å². The lowest BCUT2D eigenvalue weighted by molar-refractivity contribution is -0.130. The van der Waals surface area contributed by atoms with Gasteiger partial charge in [0.05, 0.1) is 6.26 Å². The van der Waals surface area contributed by atoms with E-state index in [1.54, 1.807) is 6.26 Å². The van der Waals surface area contributed by atoms with Gasteiger partial charge in [-0.3, -0.25) is 4.79 Å². The van der Waals surface area contributed by atoms with Gasteiger partial charge >= 0.3 is 0 Å². The summed E-state index contributed by atoms with van der Waals surface area (Å²) in [6, 6.07) is 3.74. The van der Waals surface area contributed by atoms with Crippen LogP contribution in [0.5, 0.6) is 0 Å². The molecular weight excluding hydrogens is 178 g/mol. The van der Waals surface area contributed by atoms with Crippen molar-refractivity contribution in [2.75, 3.05) is 13.1 Å². The molecule has 0 spiro atoms. The molecule has 0 saturated carbocycles. The molecule has 0 aromatic carbocycles. The Hall–Kier alpha value is -1.25. The summed E-state index contributed by atoms with van der Waals surface area (Å²) in [5.41, 5.74) is 0. The van der Waals surface area contributed by atoms with Crippen LogP contribution in [0.3, 0.4) is 0 Å². The first-order chi connectivity index (χ1) is 6.77. The maximum absolute atomic E-state index is 11.6. The van der Waals surface area contributed by atoms with Gasteiger partial charge in [-0.2, -0.15) is 0 Å². The standard InChI is InChI=1S/C11H17NO2/c1-3-12(4-2)11(13)8-7-10-6-5-9-14-10/h5-6,9H,3-4,7-8H2,1-2H3. The smallest absolute Gasteiger partial charge is 0.222 e. The first-order valence-electron chi connectivity index (χ1n) is 5.08. The van der Waals surface area contributed by atoms with E-state index >= 15 is 0 Å². The fourth-order valence-corrected chi connectivity index (χ4v) is 1.42. The lowest BCUT2D eigenvalue weighted by Crippen LogP contribution is -2.30. The first-order valence-corrected chi connectivity index (χ1v) is 5.08. The van der Waals surface area contributed by atoms with Crippen LogP contribution in [0.25, 0.3) is 0 Å². The van der Waals surface area contributed by atoms with Crippen LogP contribution in [0.2, 0.25) is 0 Å². The monoisotopic (exact) mass is 195 g/mol. The van der Waals surface area contributed by atoms with Crippen LogP contribution in [0.4, 0.5) is 0 Å². The molecular formula is C11H17NO2. The number of furan rings is 1. The molecule has 78 valence electrons. The molecule has 0 fully saturated rings. The highest BCUT2D eigenvalue weighted by molar-refractivity contribution is 5.76. The lowest BCUT2D eigenvalue weighted by atomic mass is 10.2. The minimum Gasteiger partial charge on any atom is -0.469 e. The molecule has 0 saturated heterocycles. The van der Waals surface area contributed by atoms with Gasteiger partial charge in [0.15, 0.2) is 0 Å². The number of carbonyl (C=O) groups is 1. The largest absolute Gasteiger partial charge is 0.469 e. The third-order valence-electron chi connectivity index (χ3n) is 2.28. The first kappa shape index (κ1) is 10.8. The van der Waals surface area contributed by atoms with Crippen LogP contribution in [0.1, 0.15) is 26.0 Å². The minimum atomic E-state index is 0.200. The van der Waals surface area contributed by atoms with Crippen molar-refractivity contribution in [3.63, 3.8) is 0 Å². The highest BCUT2D eigenvalue weighted by Gasteiger charge is 2.09. The molecule has 1 rings (SSSR count). The molecule has 1 aromatic heterocycles. The Bertz CT molecular complexity index is 263. The van der Waals surface area contributed by atoms with Crippen molar-refractivity contribution in [2.45, 2.75) is 26.7 Å². The Morgan fingerprint density at radius 3 is 2.64 bits per heavy atom. The second-order valence-corrected chi connectivity index (χ2v) is 3.15. The summed E-state index contributed by atoms with van der Waals surface area (Å²) in [5.74, 6) is 1.08. The van der Waals surface area contributed by atoms with E-state index in [0.717, 1.165) is 18.8 Å². The number of nitrogens with zero attached hydrogens (tertiary/aromatic N) is 1. The summed E-state index contributed by atoms with van der Waals surface area (Å²) < 4.78 is 5.16. The zero-order valence-corrected chi connectivity index (χ0v) is 8.82. The zero-order chi connectivity index (χ0) is 10.4. The van der Waals surface area contributed by atoms with E-state index in [0.29, 0.717) is 12.8 Å². The van der Waals surface area contributed by atoms with Crippen LogP contribution in [0.15, 0.2) is 22.8 Å². The molecule has 0 bridgehead atoms. The van der Waals surface area contributed by atoms with Gasteiger partial charge < -0.3 is 9.32 Å². The predicted octanol–water partition coefficient (Wildman–Crippen LogP) is 2.08. The maximum atomic E-state index is 11.6. The van der Waals surface area contributed by atoms with Crippen LogP contribution >= 0.6 is 0 Å². The Balaban J connectivity index is 2.34. The van der Waals surface area contributed by atoms with E-state index in [2.05, 4.69) is 0 Å². The molecule has 0 N–H and O–H groups in total. The summed E-state index contributed by atoms with van der Waals surface area (Å²) in [6.07, 6.45) is 2.87. The van der Waals surface area contributed by atoms with Crippen molar-refractivity contribution in [3.05, 3.63) is 24.2 Å². The van der Waals surface area contributed by atoms with Gasteiger partial charge in [-0.1, -0.05) is 0 Å². The zero-order valence-electron chi connectivity index (χ0n) is 8.82. The van der Waals surface area contributed by atoms with Gasteiger partial charge in [0.1, 0.15) is 5.76 Å². The number of aryl methyl sites for hydroxylation is 1. The van der Waals surface area contributed by atoms with Gasteiger partial charge in [-0.25, -0.2) is 0 Å². The van der Waals surface area contributed by atoms with E-state index in [1.165, 1.54) is 0 Å². The summed E-state index contributed by atoms with van der Waals surface area (Å²) in [7, 11) is 0. The molecule has 0 unspecified atom stereocenters. The van der Waals surface area contributed by atoms with Gasteiger partial charge in [0.25, 0.3) is 0 Å². The van der Waals surface area contributed by atoms with Crippen molar-refractivity contribution >= 4 is 5.91 Å². The lowest BCUT2D eigenvalue weighted by Gasteiger charge is -2.17. The molecule has 0 aliphatic heterocycles. The Kier molecular flexibility index (Phi) is 4.23. The third kappa shape index (κ3) is 2.91. The van der Waals surface area contributed by atoms with E-state index in [9.17, 15) is 4.79 Å². The van der Waals surface area contributed by atoms with Crippen LogP contribution in [0, 0.1) is 0 Å². The normalized spacial score (nSPS) is 10.1. The molecule has 0 aliphatic rings. The predicted molar refractivity (Wildman–Crippen MR) is 55.0 cm³/mol. The average Bonchev–Trinajstić information content (AvgIpc) is 2.69. The number of hydrogen-bond donors (Lipinski definition) is 0. The van der Waals surface area contributed by atoms with Crippen LogP contribution < -0.4 is 0 Å². The summed E-state index contributed by atoms with van der Waals surface area (Å²) in [6.45, 7) is 5.56. The van der Waals surface area contributed by atoms with E-state index in [-0.39, 0.29) is 5.91 Å². The molecule has 14 heavy (non-hydrogen) atoms. The fourth-order valence-electron chi connectivity index (χ4n) is 1.42. The van der Waals surface area contributed by atoms with Crippen molar-refractivity contribution in [1.29, 1.82) is 0 Å². The van der Waals surface area contributed by atoms with Crippen LogP contribution in [-0.2, 0) is 11.2 Å². The van der Waals surface area contributed by atoms with Gasteiger partial charge in [0.2, 0.25) is 5.91 Å². The SMILES string of the molecule is CCN(CC)C(=O)CCc1ccco1. The maximum Gasteiger partial charge on any atom is 0.222 e. The summed E-state index contributed by atoms with van der Waals surface area (Å²) in [5, 5.41) is 0. The highest BCUT2D eigenvalue weighted by Crippen LogP contribution is 2.05. The van der Waals surface area contributed by atoms with Crippen molar-refractivity contribution < 1.29 is 9.21 Å². The van der Waals surface area contributed by atoms with Gasteiger partial charge in [0, 0.05) is 25.9 Å². The number of rotatable bonds is 5. The summed E-state index contributed by atoms with van der Waals surface area (Å²) in [4.78, 5) is 13.4. The molecule has 1 aromatic rings. The second kappa shape index (κ2) is 5.47. The van der Waals surface area contributed by atoms with Gasteiger partial charge in [-0.15, -0.1) is 0 Å². The van der Waals surface area contributed by atoms with Gasteiger partial charge in [-0.05, 0) is 26.0 Å². The molecule has 1 heterocycles. The molecule has 0 atom stereocenters. The van der Waals surface area contributed by atoms with Crippen molar-refractivity contribution in [2.24, 2.45) is 0 Å². The van der Waals surface area contributed by atoms with Crippen LogP contribution in [-0.4, -0.2) is 23.9 Å². The number of hydrogen-bond acceptors (Lipinski definition) is 2. The molecule has 1 amide bonds. The fraction of sp³-hybridized carbons (Fsp3) is 0.545.